The summed E-state index contributed by atoms with van der Waals surface area (Å²) in [7, 11) is 0. The third-order valence-corrected chi connectivity index (χ3v) is 5.73. The molecule has 4 rings (SSSR count). The summed E-state index contributed by atoms with van der Waals surface area (Å²) in [6.07, 6.45) is 3.52. The monoisotopic (exact) mass is 382 g/mol. The first-order chi connectivity index (χ1) is 13.4. The highest BCUT2D eigenvalue weighted by Crippen LogP contribution is 2.38. The van der Waals surface area contributed by atoms with Gasteiger partial charge in [0.25, 0.3) is 0 Å². The second-order valence-electron chi connectivity index (χ2n) is 7.58. The van der Waals surface area contributed by atoms with Gasteiger partial charge >= 0.3 is 5.63 Å². The molecule has 1 saturated carbocycles. The lowest BCUT2D eigenvalue weighted by molar-refractivity contribution is -0.140. The first-order valence-electron chi connectivity index (χ1n) is 9.63. The molecule has 2 fully saturated rings. The van der Waals surface area contributed by atoms with Crippen LogP contribution < -0.4 is 10.9 Å². The summed E-state index contributed by atoms with van der Waals surface area (Å²) in [5.41, 5.74) is 1.26. The van der Waals surface area contributed by atoms with E-state index in [1.54, 1.807) is 18.2 Å². The highest BCUT2D eigenvalue weighted by atomic mass is 16.4. The molecule has 0 radical (unpaired) electrons. The zero-order valence-corrected chi connectivity index (χ0v) is 15.7. The highest BCUT2D eigenvalue weighted by molar-refractivity contribution is 6.05. The molecule has 146 valence electrons. The molecule has 1 aliphatic carbocycles. The molecule has 28 heavy (non-hydrogen) atoms. The summed E-state index contributed by atoms with van der Waals surface area (Å²) in [6, 6.07) is 6.53. The minimum atomic E-state index is -0.444. The van der Waals surface area contributed by atoms with Gasteiger partial charge in [0.15, 0.2) is 0 Å². The number of fused-ring (bicyclic) bond motifs is 2. The average Bonchev–Trinajstić information content (AvgIpc) is 2.90. The first-order valence-corrected chi connectivity index (χ1v) is 9.63. The topological polar surface area (TPSA) is 96.7 Å². The van der Waals surface area contributed by atoms with Gasteiger partial charge in [-0.25, -0.2) is 4.79 Å². The Morgan fingerprint density at radius 3 is 2.46 bits per heavy atom. The molecule has 1 saturated heterocycles. The summed E-state index contributed by atoms with van der Waals surface area (Å²) < 4.78 is 5.18. The molecular formula is C21H22N2O5. The fraction of sp³-hybridized carbons (Fsp3) is 0.429. The van der Waals surface area contributed by atoms with Gasteiger partial charge in [0.2, 0.25) is 17.7 Å². The first kappa shape index (κ1) is 18.4. The summed E-state index contributed by atoms with van der Waals surface area (Å²) in [6.45, 7) is 1.91. The largest absolute Gasteiger partial charge is 0.423 e. The zero-order chi connectivity index (χ0) is 19.8. The summed E-state index contributed by atoms with van der Waals surface area (Å²) in [5, 5.41) is 3.54. The van der Waals surface area contributed by atoms with Crippen molar-refractivity contribution < 1.29 is 18.8 Å². The van der Waals surface area contributed by atoms with Gasteiger partial charge in [-0.3, -0.25) is 19.3 Å². The van der Waals surface area contributed by atoms with Crippen molar-refractivity contribution in [2.24, 2.45) is 11.8 Å². The van der Waals surface area contributed by atoms with Crippen LogP contribution in [0.1, 0.15) is 37.7 Å². The van der Waals surface area contributed by atoms with E-state index in [-0.39, 0.29) is 42.5 Å². The average molecular weight is 382 g/mol. The van der Waals surface area contributed by atoms with E-state index >= 15 is 0 Å². The normalized spacial score (nSPS) is 21.8. The number of amides is 3. The third kappa shape index (κ3) is 3.32. The molecule has 3 amide bonds. The Kier molecular flexibility index (Phi) is 4.75. The number of benzene rings is 1. The quantitative estimate of drug-likeness (QED) is 0.648. The number of carbonyl (C=O) groups is 3. The molecule has 1 aromatic heterocycles. The van der Waals surface area contributed by atoms with Crippen LogP contribution in [-0.2, 0) is 14.4 Å². The zero-order valence-electron chi connectivity index (χ0n) is 15.7. The van der Waals surface area contributed by atoms with E-state index in [1.165, 1.54) is 11.0 Å². The molecule has 2 aliphatic rings. The minimum Gasteiger partial charge on any atom is -0.423 e. The minimum absolute atomic E-state index is 0.0344. The second kappa shape index (κ2) is 7.22. The summed E-state index contributed by atoms with van der Waals surface area (Å²) >= 11 is 0. The molecule has 2 unspecified atom stereocenters. The Balaban J connectivity index is 1.41. The lowest BCUT2D eigenvalue weighted by Gasteiger charge is -2.19. The van der Waals surface area contributed by atoms with Gasteiger partial charge in [-0.05, 0) is 37.5 Å². The molecule has 1 aromatic carbocycles. The fourth-order valence-electron chi connectivity index (χ4n) is 4.29. The molecule has 7 nitrogen and oxygen atoms in total. The van der Waals surface area contributed by atoms with Crippen molar-refractivity contribution in [1.82, 2.24) is 4.90 Å². The van der Waals surface area contributed by atoms with Gasteiger partial charge in [-0.15, -0.1) is 0 Å². The van der Waals surface area contributed by atoms with E-state index in [0.29, 0.717) is 11.3 Å². The molecule has 7 heteroatoms. The van der Waals surface area contributed by atoms with Crippen LogP contribution in [0.4, 0.5) is 5.69 Å². The van der Waals surface area contributed by atoms with Crippen LogP contribution in [0.5, 0.6) is 0 Å². The third-order valence-electron chi connectivity index (χ3n) is 5.73. The maximum absolute atomic E-state index is 12.5. The molecular weight excluding hydrogens is 360 g/mol. The van der Waals surface area contributed by atoms with E-state index in [1.807, 2.05) is 6.92 Å². The number of nitrogens with one attached hydrogen (secondary N) is 1. The second-order valence-corrected chi connectivity index (χ2v) is 7.58. The standard InChI is InChI=1S/C21H22N2O5/c1-12-10-19(25)28-17-11-13(6-7-14(12)17)22-18(24)8-9-23-20(26)15-4-2-3-5-16(15)21(23)27/h6-7,10-11,15-16H,2-5,8-9H2,1H3,(H,22,24). The maximum Gasteiger partial charge on any atom is 0.336 e. The van der Waals surface area contributed by atoms with Crippen LogP contribution in [0.2, 0.25) is 0 Å². The number of hydrogen-bond donors (Lipinski definition) is 1. The van der Waals surface area contributed by atoms with Gasteiger partial charge in [0.05, 0.1) is 11.8 Å². The molecule has 1 aliphatic heterocycles. The van der Waals surface area contributed by atoms with Crippen molar-refractivity contribution in [3.05, 3.63) is 40.2 Å². The van der Waals surface area contributed by atoms with Crippen LogP contribution >= 0.6 is 0 Å². The van der Waals surface area contributed by atoms with E-state index < -0.39 is 5.63 Å². The summed E-state index contributed by atoms with van der Waals surface area (Å²) in [5.74, 6) is -0.965. The summed E-state index contributed by atoms with van der Waals surface area (Å²) in [4.78, 5) is 50.0. The highest BCUT2D eigenvalue weighted by Gasteiger charge is 2.47. The maximum atomic E-state index is 12.5. The number of hydrogen-bond acceptors (Lipinski definition) is 5. The Labute approximate surface area is 161 Å². The Morgan fingerprint density at radius 1 is 1.11 bits per heavy atom. The van der Waals surface area contributed by atoms with E-state index in [0.717, 1.165) is 36.6 Å². The molecule has 0 spiro atoms. The Bertz CT molecular complexity index is 1000. The van der Waals surface area contributed by atoms with Crippen molar-refractivity contribution in [1.29, 1.82) is 0 Å². The number of imide groups is 1. The van der Waals surface area contributed by atoms with E-state index in [9.17, 15) is 19.2 Å². The molecule has 2 aromatic rings. The fourth-order valence-corrected chi connectivity index (χ4v) is 4.29. The lowest BCUT2D eigenvalue weighted by atomic mass is 9.81. The van der Waals surface area contributed by atoms with E-state index in [2.05, 4.69) is 5.32 Å². The van der Waals surface area contributed by atoms with Crippen LogP contribution in [0, 0.1) is 18.8 Å². The number of nitrogens with zero attached hydrogens (tertiary/aromatic N) is 1. The van der Waals surface area contributed by atoms with Crippen LogP contribution in [-0.4, -0.2) is 29.2 Å². The molecule has 0 bridgehead atoms. The smallest absolute Gasteiger partial charge is 0.336 e. The molecule has 2 heterocycles. The Morgan fingerprint density at radius 2 is 1.79 bits per heavy atom. The number of carbonyl (C=O) groups excluding carboxylic acids is 3. The number of likely N-dealkylation sites (tertiary alicyclic amines) is 1. The predicted octanol–water partition coefficient (Wildman–Crippen LogP) is 2.61. The van der Waals surface area contributed by atoms with Crippen molar-refractivity contribution in [2.75, 3.05) is 11.9 Å². The van der Waals surface area contributed by atoms with Gasteiger partial charge in [0, 0.05) is 36.2 Å². The van der Waals surface area contributed by atoms with Gasteiger partial charge in [-0.1, -0.05) is 12.8 Å². The number of rotatable bonds is 4. The molecule has 2 atom stereocenters. The van der Waals surface area contributed by atoms with Crippen molar-refractivity contribution in [3.8, 4) is 0 Å². The van der Waals surface area contributed by atoms with Crippen LogP contribution in [0.25, 0.3) is 11.0 Å². The number of anilines is 1. The van der Waals surface area contributed by atoms with Crippen molar-refractivity contribution >= 4 is 34.4 Å². The van der Waals surface area contributed by atoms with Crippen molar-refractivity contribution in [2.45, 2.75) is 39.0 Å². The number of aryl methyl sites for hydroxylation is 1. The van der Waals surface area contributed by atoms with Gasteiger partial charge in [-0.2, -0.15) is 0 Å². The van der Waals surface area contributed by atoms with Crippen LogP contribution in [0.3, 0.4) is 0 Å². The van der Waals surface area contributed by atoms with Gasteiger partial charge in [0.1, 0.15) is 5.58 Å². The van der Waals surface area contributed by atoms with E-state index in [4.69, 9.17) is 4.42 Å². The lowest BCUT2D eigenvalue weighted by Crippen LogP contribution is -2.34. The van der Waals surface area contributed by atoms with Gasteiger partial charge < -0.3 is 9.73 Å². The van der Waals surface area contributed by atoms with Crippen molar-refractivity contribution in [3.63, 3.8) is 0 Å². The van der Waals surface area contributed by atoms with Crippen LogP contribution in [0.15, 0.2) is 33.5 Å². The SMILES string of the molecule is Cc1cc(=O)oc2cc(NC(=O)CCN3C(=O)C4CCCCC4C3=O)ccc12. The predicted molar refractivity (Wildman–Crippen MR) is 103 cm³/mol. The Hall–Kier alpha value is -2.96. The molecule has 1 N–H and O–H groups in total.